The molecule has 0 spiro atoms. The number of hydrogen-bond acceptors (Lipinski definition) is 5. The third-order valence-electron chi connectivity index (χ3n) is 4.01. The van der Waals surface area contributed by atoms with E-state index in [2.05, 4.69) is 26.7 Å². The first-order valence-corrected chi connectivity index (χ1v) is 8.62. The molecule has 0 aliphatic rings. The lowest BCUT2D eigenvalue weighted by molar-refractivity contribution is 0.102. The van der Waals surface area contributed by atoms with Crippen LogP contribution >= 0.6 is 0 Å². The highest BCUT2D eigenvalue weighted by Gasteiger charge is 2.10. The Kier molecular flexibility index (Phi) is 5.66. The van der Waals surface area contributed by atoms with E-state index in [9.17, 15) is 4.79 Å². The Morgan fingerprint density at radius 1 is 1.00 bits per heavy atom. The van der Waals surface area contributed by atoms with Gasteiger partial charge in [-0.15, -0.1) is 0 Å². The number of ether oxygens (including phenoxy) is 1. The number of nitrogens with zero attached hydrogens (tertiary/aromatic N) is 2. The fraction of sp³-hybridized carbons (Fsp3) is 0.190. The average molecular weight is 362 g/mol. The molecule has 0 atom stereocenters. The van der Waals surface area contributed by atoms with Crippen LogP contribution in [-0.2, 0) is 6.54 Å². The molecule has 0 radical (unpaired) electrons. The first-order chi connectivity index (χ1) is 13.0. The Balaban J connectivity index is 1.66. The summed E-state index contributed by atoms with van der Waals surface area (Å²) in [6, 6.07) is 15.3. The van der Waals surface area contributed by atoms with E-state index in [4.69, 9.17) is 4.74 Å². The molecule has 6 nitrogen and oxygen atoms in total. The summed E-state index contributed by atoms with van der Waals surface area (Å²) in [5.41, 5.74) is 4.32. The molecule has 2 N–H and O–H groups in total. The number of nitrogens with one attached hydrogen (secondary N) is 2. The molecular formula is C21H22N4O2. The van der Waals surface area contributed by atoms with Crippen LogP contribution in [0, 0.1) is 13.8 Å². The number of methoxy groups -OCH3 is 1. The fourth-order valence-corrected chi connectivity index (χ4v) is 2.76. The minimum absolute atomic E-state index is 0.269. The fourth-order valence-electron chi connectivity index (χ4n) is 2.76. The molecular weight excluding hydrogens is 340 g/mol. The second-order valence-corrected chi connectivity index (χ2v) is 6.32. The minimum atomic E-state index is -0.269. The van der Waals surface area contributed by atoms with Gasteiger partial charge in [-0.1, -0.05) is 18.2 Å². The molecule has 0 fully saturated rings. The van der Waals surface area contributed by atoms with Gasteiger partial charge in [0.15, 0.2) is 0 Å². The summed E-state index contributed by atoms with van der Waals surface area (Å²) in [5, 5.41) is 6.09. The molecule has 0 aliphatic heterocycles. The topological polar surface area (TPSA) is 76.1 Å². The van der Waals surface area contributed by atoms with Gasteiger partial charge in [-0.05, 0) is 54.8 Å². The van der Waals surface area contributed by atoms with Crippen LogP contribution < -0.4 is 15.4 Å². The molecule has 2 aromatic carbocycles. The Labute approximate surface area is 158 Å². The van der Waals surface area contributed by atoms with Crippen molar-refractivity contribution < 1.29 is 9.53 Å². The molecule has 1 heterocycles. The van der Waals surface area contributed by atoms with Crippen LogP contribution in [0.2, 0.25) is 0 Å². The van der Waals surface area contributed by atoms with E-state index >= 15 is 0 Å². The lowest BCUT2D eigenvalue weighted by Gasteiger charge is -2.09. The summed E-state index contributed by atoms with van der Waals surface area (Å²) in [6.45, 7) is 4.57. The molecule has 6 heteroatoms. The van der Waals surface area contributed by atoms with Crippen molar-refractivity contribution in [2.75, 3.05) is 17.7 Å². The zero-order chi connectivity index (χ0) is 19.2. The summed E-state index contributed by atoms with van der Waals surface area (Å²) in [4.78, 5) is 20.7. The normalized spacial score (nSPS) is 10.3. The van der Waals surface area contributed by atoms with Crippen LogP contribution in [0.1, 0.15) is 27.2 Å². The maximum atomic E-state index is 12.5. The van der Waals surface area contributed by atoms with Crippen LogP contribution in [0.3, 0.4) is 0 Å². The van der Waals surface area contributed by atoms with Gasteiger partial charge in [0, 0.05) is 18.3 Å². The van der Waals surface area contributed by atoms with Crippen LogP contribution in [-0.4, -0.2) is 23.0 Å². The van der Waals surface area contributed by atoms with Crippen LogP contribution in [0.15, 0.2) is 54.9 Å². The van der Waals surface area contributed by atoms with Crippen molar-refractivity contribution in [3.63, 3.8) is 0 Å². The van der Waals surface area contributed by atoms with E-state index in [0.29, 0.717) is 18.1 Å². The van der Waals surface area contributed by atoms with E-state index < -0.39 is 0 Å². The molecule has 0 bridgehead atoms. The SMILES string of the molecule is COc1ccc(CNc2cc(C(=O)Nc3cc(C)cc(C)c3)ncn2)cc1. The van der Waals surface area contributed by atoms with Gasteiger partial charge in [-0.25, -0.2) is 9.97 Å². The van der Waals surface area contributed by atoms with Crippen molar-refractivity contribution in [1.82, 2.24) is 9.97 Å². The molecule has 0 unspecified atom stereocenters. The van der Waals surface area contributed by atoms with E-state index in [1.165, 1.54) is 6.33 Å². The van der Waals surface area contributed by atoms with E-state index in [1.807, 2.05) is 50.2 Å². The number of rotatable bonds is 6. The molecule has 0 saturated heterocycles. The summed E-state index contributed by atoms with van der Waals surface area (Å²) in [7, 11) is 1.64. The van der Waals surface area contributed by atoms with Crippen molar-refractivity contribution in [3.8, 4) is 5.75 Å². The van der Waals surface area contributed by atoms with Gasteiger partial charge in [0.1, 0.15) is 23.6 Å². The van der Waals surface area contributed by atoms with Crippen molar-refractivity contribution in [1.29, 1.82) is 0 Å². The Morgan fingerprint density at radius 3 is 2.37 bits per heavy atom. The average Bonchev–Trinajstić information content (AvgIpc) is 2.66. The summed E-state index contributed by atoms with van der Waals surface area (Å²) < 4.78 is 5.15. The first-order valence-electron chi connectivity index (χ1n) is 8.62. The van der Waals surface area contributed by atoms with E-state index in [0.717, 1.165) is 28.1 Å². The summed E-state index contributed by atoms with van der Waals surface area (Å²) >= 11 is 0. The predicted molar refractivity (Wildman–Crippen MR) is 106 cm³/mol. The molecule has 1 aromatic heterocycles. The van der Waals surface area contributed by atoms with Crippen molar-refractivity contribution >= 4 is 17.4 Å². The third-order valence-corrected chi connectivity index (χ3v) is 4.01. The number of aryl methyl sites for hydroxylation is 2. The van der Waals surface area contributed by atoms with Gasteiger partial charge in [0.25, 0.3) is 5.91 Å². The number of carbonyl (C=O) groups excluding carboxylic acids is 1. The van der Waals surface area contributed by atoms with Crippen LogP contribution in [0.25, 0.3) is 0 Å². The monoisotopic (exact) mass is 362 g/mol. The number of amides is 1. The van der Waals surface area contributed by atoms with Crippen molar-refractivity contribution in [3.05, 3.63) is 77.2 Å². The zero-order valence-corrected chi connectivity index (χ0v) is 15.6. The van der Waals surface area contributed by atoms with Crippen LogP contribution in [0.4, 0.5) is 11.5 Å². The maximum absolute atomic E-state index is 12.5. The predicted octanol–water partition coefficient (Wildman–Crippen LogP) is 3.97. The maximum Gasteiger partial charge on any atom is 0.274 e. The van der Waals surface area contributed by atoms with Gasteiger partial charge < -0.3 is 15.4 Å². The number of hydrogen-bond donors (Lipinski definition) is 2. The lowest BCUT2D eigenvalue weighted by Crippen LogP contribution is -2.15. The highest BCUT2D eigenvalue weighted by atomic mass is 16.5. The minimum Gasteiger partial charge on any atom is -0.497 e. The number of carbonyl (C=O) groups is 1. The van der Waals surface area contributed by atoms with Gasteiger partial charge in [-0.3, -0.25) is 4.79 Å². The standard InChI is InChI=1S/C21H22N4O2/c1-14-8-15(2)10-17(9-14)25-21(26)19-11-20(24-13-23-19)22-12-16-4-6-18(27-3)7-5-16/h4-11,13H,12H2,1-3H3,(H,25,26)(H,22,23,24). The highest BCUT2D eigenvalue weighted by molar-refractivity contribution is 6.03. The van der Waals surface area contributed by atoms with Crippen LogP contribution in [0.5, 0.6) is 5.75 Å². The summed E-state index contributed by atoms with van der Waals surface area (Å²) in [5.74, 6) is 1.13. The number of anilines is 2. The third kappa shape index (κ3) is 5.04. The van der Waals surface area contributed by atoms with Crippen molar-refractivity contribution in [2.45, 2.75) is 20.4 Å². The first kappa shape index (κ1) is 18.4. The zero-order valence-electron chi connectivity index (χ0n) is 15.6. The van der Waals surface area contributed by atoms with E-state index in [1.54, 1.807) is 13.2 Å². The quantitative estimate of drug-likeness (QED) is 0.694. The Morgan fingerprint density at radius 2 is 1.70 bits per heavy atom. The molecule has 0 saturated carbocycles. The highest BCUT2D eigenvalue weighted by Crippen LogP contribution is 2.16. The van der Waals surface area contributed by atoms with Gasteiger partial charge in [0.05, 0.1) is 7.11 Å². The van der Waals surface area contributed by atoms with E-state index in [-0.39, 0.29) is 5.91 Å². The Bertz CT molecular complexity index is 919. The second kappa shape index (κ2) is 8.31. The molecule has 27 heavy (non-hydrogen) atoms. The molecule has 1 amide bonds. The molecule has 0 aliphatic carbocycles. The largest absolute Gasteiger partial charge is 0.497 e. The molecule has 3 aromatic rings. The molecule has 3 rings (SSSR count). The van der Waals surface area contributed by atoms with Crippen molar-refractivity contribution in [2.24, 2.45) is 0 Å². The van der Waals surface area contributed by atoms with Gasteiger partial charge >= 0.3 is 0 Å². The van der Waals surface area contributed by atoms with Gasteiger partial charge in [-0.2, -0.15) is 0 Å². The second-order valence-electron chi connectivity index (χ2n) is 6.32. The van der Waals surface area contributed by atoms with Gasteiger partial charge in [0.2, 0.25) is 0 Å². The number of aromatic nitrogens is 2. The smallest absolute Gasteiger partial charge is 0.274 e. The number of benzene rings is 2. The Hall–Kier alpha value is -3.41. The summed E-state index contributed by atoms with van der Waals surface area (Å²) in [6.07, 6.45) is 1.38. The lowest BCUT2D eigenvalue weighted by atomic mass is 10.1. The molecule has 138 valence electrons.